The summed E-state index contributed by atoms with van der Waals surface area (Å²) in [6.45, 7) is 4.06. The Morgan fingerprint density at radius 2 is 1.93 bits per heavy atom. The molecule has 0 radical (unpaired) electrons. The van der Waals surface area contributed by atoms with Crippen LogP contribution < -0.4 is 0 Å². The first-order chi connectivity index (χ1) is 21.0. The highest BCUT2D eigenvalue weighted by atomic mass is 32.1. The molecule has 14 heteroatoms. The Morgan fingerprint density at radius 3 is 2.77 bits per heavy atom. The van der Waals surface area contributed by atoms with Gasteiger partial charge in [-0.2, -0.15) is 5.10 Å². The van der Waals surface area contributed by atoms with Crippen LogP contribution in [-0.4, -0.2) is 69.8 Å². The molecule has 0 amide bonds. The fraction of sp³-hybridized carbons (Fsp3) is 0.310. The van der Waals surface area contributed by atoms with Gasteiger partial charge in [-0.1, -0.05) is 35.5 Å². The largest absolute Gasteiger partial charge is 0.388 e. The molecule has 2 saturated heterocycles. The number of aromatic nitrogens is 8. The van der Waals surface area contributed by atoms with E-state index >= 15 is 0 Å². The minimum absolute atomic E-state index is 0.250. The quantitative estimate of drug-likeness (QED) is 0.298. The highest BCUT2D eigenvalue weighted by Gasteiger charge is 2.52. The van der Waals surface area contributed by atoms with Gasteiger partial charge in [-0.3, -0.25) is 4.98 Å². The van der Waals surface area contributed by atoms with Crippen LogP contribution in [0.1, 0.15) is 40.7 Å². The molecule has 6 atom stereocenters. The molecule has 2 aliphatic heterocycles. The molecular formula is C29H26N8O4S2. The molecule has 43 heavy (non-hydrogen) atoms. The second-order valence-corrected chi connectivity index (χ2v) is 12.6. The van der Waals surface area contributed by atoms with Crippen molar-refractivity contribution in [2.24, 2.45) is 0 Å². The number of aliphatic hydroxyl groups is 1. The number of thiazole rings is 2. The molecule has 2 aliphatic rings. The maximum absolute atomic E-state index is 12.1. The number of benzene rings is 2. The number of ether oxygens (including phenoxy) is 3. The lowest BCUT2D eigenvalue weighted by molar-refractivity contribution is -0.319. The summed E-state index contributed by atoms with van der Waals surface area (Å²) in [5, 5.41) is 26.6. The van der Waals surface area contributed by atoms with Crippen LogP contribution >= 0.6 is 22.7 Å². The van der Waals surface area contributed by atoms with E-state index in [-0.39, 0.29) is 6.61 Å². The zero-order valence-corrected chi connectivity index (χ0v) is 24.7. The fourth-order valence-electron chi connectivity index (χ4n) is 5.76. The van der Waals surface area contributed by atoms with Crippen LogP contribution in [0.3, 0.4) is 0 Å². The van der Waals surface area contributed by atoms with Gasteiger partial charge in [0.05, 0.1) is 44.1 Å². The van der Waals surface area contributed by atoms with Crippen molar-refractivity contribution in [2.45, 2.75) is 50.6 Å². The molecule has 4 aromatic heterocycles. The summed E-state index contributed by atoms with van der Waals surface area (Å²) in [7, 11) is 0. The Hall–Kier alpha value is -3.92. The molecule has 12 nitrogen and oxygen atoms in total. The van der Waals surface area contributed by atoms with Gasteiger partial charge in [0, 0.05) is 11.8 Å². The minimum atomic E-state index is -1.11. The molecule has 1 N–H and O–H groups in total. The molecule has 0 bridgehead atoms. The van der Waals surface area contributed by atoms with Crippen molar-refractivity contribution in [1.29, 1.82) is 0 Å². The zero-order valence-electron chi connectivity index (χ0n) is 23.1. The Morgan fingerprint density at radius 1 is 1.05 bits per heavy atom. The topological polar surface area (TPSA) is 135 Å². The van der Waals surface area contributed by atoms with Crippen molar-refractivity contribution in [3.8, 4) is 16.3 Å². The van der Waals surface area contributed by atoms with Gasteiger partial charge in [-0.05, 0) is 32.0 Å². The van der Waals surface area contributed by atoms with Crippen molar-refractivity contribution in [3.05, 3.63) is 88.7 Å². The lowest BCUT2D eigenvalue weighted by Crippen LogP contribution is -2.57. The van der Waals surface area contributed by atoms with E-state index in [9.17, 15) is 5.11 Å². The second kappa shape index (κ2) is 10.7. The molecule has 6 aromatic rings. The van der Waals surface area contributed by atoms with E-state index in [0.717, 1.165) is 31.4 Å². The van der Waals surface area contributed by atoms with E-state index < -0.39 is 36.7 Å². The molecule has 0 aliphatic carbocycles. The van der Waals surface area contributed by atoms with Crippen molar-refractivity contribution >= 4 is 32.9 Å². The van der Waals surface area contributed by atoms with E-state index in [1.807, 2.05) is 68.6 Å². The average molecular weight is 615 g/mol. The third kappa shape index (κ3) is 4.76. The monoisotopic (exact) mass is 614 g/mol. The van der Waals surface area contributed by atoms with Crippen LogP contribution in [0.15, 0.2) is 66.4 Å². The fourth-order valence-corrected chi connectivity index (χ4v) is 7.19. The molecule has 8 rings (SSSR count). The summed E-state index contributed by atoms with van der Waals surface area (Å²) in [4.78, 5) is 14.4. The van der Waals surface area contributed by atoms with E-state index in [1.54, 1.807) is 32.4 Å². The Kier molecular flexibility index (Phi) is 6.62. The normalized spacial score (nSPS) is 25.7. The van der Waals surface area contributed by atoms with Gasteiger partial charge in [-0.15, -0.1) is 27.8 Å². The Labute approximate surface area is 253 Å². The van der Waals surface area contributed by atoms with Gasteiger partial charge in [0.1, 0.15) is 42.0 Å². The SMILES string of the molecule is Cc1nc([C@@H]2OC3COC(c4ccccc4)O[C@@H]3[C@H](n3cc(-c4cncs4)nn3)C2O)n(-c2ccc3nc(C)sc3c2)n1. The Bertz CT molecular complexity index is 1890. The first kappa shape index (κ1) is 26.7. The van der Waals surface area contributed by atoms with Gasteiger partial charge in [-0.25, -0.2) is 19.3 Å². The highest BCUT2D eigenvalue weighted by molar-refractivity contribution is 7.18. The van der Waals surface area contributed by atoms with Gasteiger partial charge in [0.15, 0.2) is 12.1 Å². The van der Waals surface area contributed by atoms with Crippen LogP contribution in [0.4, 0.5) is 0 Å². The van der Waals surface area contributed by atoms with Crippen molar-refractivity contribution in [2.75, 3.05) is 6.61 Å². The molecular weight excluding hydrogens is 589 g/mol. The first-order valence-corrected chi connectivity index (χ1v) is 15.5. The first-order valence-electron chi connectivity index (χ1n) is 13.8. The summed E-state index contributed by atoms with van der Waals surface area (Å²) < 4.78 is 23.7. The predicted molar refractivity (Wildman–Crippen MR) is 158 cm³/mol. The molecule has 2 fully saturated rings. The summed E-state index contributed by atoms with van der Waals surface area (Å²) in [6, 6.07) is 15.0. The maximum atomic E-state index is 12.1. The summed E-state index contributed by atoms with van der Waals surface area (Å²) >= 11 is 3.08. The smallest absolute Gasteiger partial charge is 0.184 e. The van der Waals surface area contributed by atoms with Crippen LogP contribution in [0.25, 0.3) is 26.5 Å². The van der Waals surface area contributed by atoms with Crippen LogP contribution in [-0.2, 0) is 14.2 Å². The predicted octanol–water partition coefficient (Wildman–Crippen LogP) is 4.37. The van der Waals surface area contributed by atoms with E-state index in [0.29, 0.717) is 17.3 Å². The lowest BCUT2D eigenvalue weighted by atomic mass is 9.91. The number of fused-ring (bicyclic) bond motifs is 2. The lowest BCUT2D eigenvalue weighted by Gasteiger charge is -2.47. The number of rotatable bonds is 5. The molecule has 3 unspecified atom stereocenters. The third-order valence-electron chi connectivity index (χ3n) is 7.67. The van der Waals surface area contributed by atoms with Crippen LogP contribution in [0.5, 0.6) is 0 Å². The van der Waals surface area contributed by atoms with Crippen molar-refractivity contribution in [1.82, 2.24) is 39.7 Å². The van der Waals surface area contributed by atoms with E-state index in [4.69, 9.17) is 24.3 Å². The maximum Gasteiger partial charge on any atom is 0.184 e. The van der Waals surface area contributed by atoms with Gasteiger partial charge in [0.25, 0.3) is 0 Å². The summed E-state index contributed by atoms with van der Waals surface area (Å²) in [5.74, 6) is 1.03. The second-order valence-electron chi connectivity index (χ2n) is 10.5. The van der Waals surface area contributed by atoms with Gasteiger partial charge >= 0.3 is 0 Å². The summed E-state index contributed by atoms with van der Waals surface area (Å²) in [5.41, 5.74) is 5.01. The van der Waals surface area contributed by atoms with Gasteiger partial charge < -0.3 is 19.3 Å². The number of hydrogen-bond donors (Lipinski definition) is 1. The summed E-state index contributed by atoms with van der Waals surface area (Å²) in [6.07, 6.45) is -0.142. The van der Waals surface area contributed by atoms with Crippen molar-refractivity contribution in [3.63, 3.8) is 0 Å². The number of aliphatic hydroxyl groups excluding tert-OH is 1. The molecule has 2 aromatic carbocycles. The van der Waals surface area contributed by atoms with Crippen molar-refractivity contribution < 1.29 is 19.3 Å². The molecule has 0 spiro atoms. The molecule has 218 valence electrons. The zero-order chi connectivity index (χ0) is 29.1. The van der Waals surface area contributed by atoms with Crippen LogP contribution in [0.2, 0.25) is 0 Å². The molecule has 6 heterocycles. The minimum Gasteiger partial charge on any atom is -0.388 e. The van der Waals surface area contributed by atoms with Gasteiger partial charge in [0.2, 0.25) is 0 Å². The van der Waals surface area contributed by atoms with E-state index in [1.165, 1.54) is 11.3 Å². The average Bonchev–Trinajstić information content (AvgIpc) is 3.83. The van der Waals surface area contributed by atoms with E-state index in [2.05, 4.69) is 20.3 Å². The standard InChI is InChI=1S/C29H26N8O4S2/c1-15-31-28(37(34-15)18-8-9-19-22(10-18)43-16(2)32-19)27-25(38)24(36-12-20(33-35-36)23-11-30-14-42-23)26-21(40-27)13-39-29(41-26)17-6-4-3-5-7-17/h3-12,14,21,24-27,29,38H,13H2,1-2H3/t21?,24-,25?,26+,27-,29?/m1/s1. The molecule has 0 saturated carbocycles. The van der Waals surface area contributed by atoms with Crippen LogP contribution in [0, 0.1) is 13.8 Å². The number of aryl methyl sites for hydroxylation is 2. The third-order valence-corrected chi connectivity index (χ3v) is 9.39. The Balaban J connectivity index is 1.19. The number of hydrogen-bond acceptors (Lipinski definition) is 12. The highest BCUT2D eigenvalue weighted by Crippen LogP contribution is 2.44. The number of nitrogens with zero attached hydrogens (tertiary/aromatic N) is 8.